The summed E-state index contributed by atoms with van der Waals surface area (Å²) in [4.78, 5) is 0. The minimum absolute atomic E-state index is 0.149. The van der Waals surface area contributed by atoms with Crippen LogP contribution < -0.4 is 0 Å². The number of aliphatic hydroxyl groups is 4. The normalized spacial score (nSPS) is 37.8. The number of hydrogen-bond donors (Lipinski definition) is 4. The fourth-order valence-corrected chi connectivity index (χ4v) is 4.31. The van der Waals surface area contributed by atoms with Crippen molar-refractivity contribution in [3.63, 3.8) is 0 Å². The fourth-order valence-electron chi connectivity index (χ4n) is 4.31. The van der Waals surface area contributed by atoms with Crippen LogP contribution in [0.15, 0.2) is 60.7 Å². The van der Waals surface area contributed by atoms with E-state index in [2.05, 4.69) is 0 Å². The van der Waals surface area contributed by atoms with Gasteiger partial charge in [-0.25, -0.2) is 0 Å². The van der Waals surface area contributed by atoms with Crippen LogP contribution in [0, 0.1) is 0 Å². The van der Waals surface area contributed by atoms with Gasteiger partial charge in [-0.3, -0.25) is 0 Å². The van der Waals surface area contributed by atoms with Gasteiger partial charge in [-0.1, -0.05) is 60.7 Å². The van der Waals surface area contributed by atoms with E-state index in [1.807, 2.05) is 60.7 Å². The van der Waals surface area contributed by atoms with Crippen LogP contribution in [0.1, 0.15) is 25.0 Å². The van der Waals surface area contributed by atoms with E-state index in [1.54, 1.807) is 13.8 Å². The Bertz CT molecular complexity index is 898. The maximum absolute atomic E-state index is 10.9. The SMILES string of the molecule is C[C@@H]1O[C@@H](O[C@@H]2[C@H](O)[C@H](C)O[C@@H](O)[C@H]2OCc2ccccc2)[C@@H](OCc2ccccc2)[C@H](O)[C@@H]1O. The molecule has 2 fully saturated rings. The average Bonchev–Trinajstić information content (AvgIpc) is 2.86. The van der Waals surface area contributed by atoms with Gasteiger partial charge in [0, 0.05) is 0 Å². The van der Waals surface area contributed by atoms with E-state index in [0.717, 1.165) is 11.1 Å². The highest BCUT2D eigenvalue weighted by atomic mass is 16.7. The third-order valence-electron chi connectivity index (χ3n) is 6.42. The van der Waals surface area contributed by atoms with E-state index >= 15 is 0 Å². The summed E-state index contributed by atoms with van der Waals surface area (Å²) in [5.41, 5.74) is 1.74. The number of benzene rings is 2. The second-order valence-corrected chi connectivity index (χ2v) is 9.04. The van der Waals surface area contributed by atoms with Crippen LogP contribution in [0.25, 0.3) is 0 Å². The van der Waals surface area contributed by atoms with Gasteiger partial charge >= 0.3 is 0 Å². The van der Waals surface area contributed by atoms with Crippen molar-refractivity contribution < 1.29 is 44.1 Å². The summed E-state index contributed by atoms with van der Waals surface area (Å²) < 4.78 is 29.3. The van der Waals surface area contributed by atoms with E-state index in [0.29, 0.717) is 0 Å². The Balaban J connectivity index is 1.51. The van der Waals surface area contributed by atoms with E-state index < -0.39 is 61.4 Å². The molecule has 2 aromatic rings. The number of aliphatic hydroxyl groups excluding tert-OH is 4. The van der Waals surface area contributed by atoms with Crippen molar-refractivity contribution in [1.82, 2.24) is 0 Å². The molecule has 2 heterocycles. The Morgan fingerprint density at radius 2 is 1.14 bits per heavy atom. The van der Waals surface area contributed by atoms with Crippen LogP contribution in [0.4, 0.5) is 0 Å². The van der Waals surface area contributed by atoms with Gasteiger partial charge in [-0.15, -0.1) is 0 Å². The molecule has 0 radical (unpaired) electrons. The maximum Gasteiger partial charge on any atom is 0.187 e. The Morgan fingerprint density at radius 3 is 1.71 bits per heavy atom. The number of ether oxygens (including phenoxy) is 5. The standard InChI is InChI=1S/C26H34O9/c1-15-19(27)21(29)23(31-13-17-9-5-3-6-10-17)26(34-15)35-22-20(28)16(2)33-25(30)24(22)32-14-18-11-7-4-8-12-18/h3-12,15-16,19-30H,13-14H2,1-2H3/t15-,16-,19+,20+,21+,22+,23-,24-,25+,26-/m0/s1. The third kappa shape index (κ3) is 6.26. The van der Waals surface area contributed by atoms with E-state index in [-0.39, 0.29) is 13.2 Å². The summed E-state index contributed by atoms with van der Waals surface area (Å²) in [6, 6.07) is 18.7. The first kappa shape index (κ1) is 26.2. The molecule has 9 heteroatoms. The first-order valence-corrected chi connectivity index (χ1v) is 11.8. The Labute approximate surface area is 204 Å². The zero-order valence-corrected chi connectivity index (χ0v) is 19.8. The Kier molecular flexibility index (Phi) is 8.87. The molecule has 0 saturated carbocycles. The van der Waals surface area contributed by atoms with Crippen LogP contribution in [0.5, 0.6) is 0 Å². The van der Waals surface area contributed by atoms with E-state index in [9.17, 15) is 20.4 Å². The second-order valence-electron chi connectivity index (χ2n) is 9.04. The lowest BCUT2D eigenvalue weighted by atomic mass is 9.97. The van der Waals surface area contributed by atoms with Crippen LogP contribution in [0.3, 0.4) is 0 Å². The average molecular weight is 491 g/mol. The lowest BCUT2D eigenvalue weighted by Crippen LogP contribution is -2.63. The van der Waals surface area contributed by atoms with Crippen molar-refractivity contribution in [3.05, 3.63) is 71.8 Å². The van der Waals surface area contributed by atoms with E-state index in [1.165, 1.54) is 0 Å². The van der Waals surface area contributed by atoms with Gasteiger partial charge in [0.1, 0.15) is 36.6 Å². The molecular weight excluding hydrogens is 456 g/mol. The summed E-state index contributed by atoms with van der Waals surface area (Å²) in [7, 11) is 0. The molecule has 9 nitrogen and oxygen atoms in total. The highest BCUT2D eigenvalue weighted by molar-refractivity contribution is 5.14. The molecule has 10 atom stereocenters. The first-order valence-electron chi connectivity index (χ1n) is 11.8. The summed E-state index contributed by atoms with van der Waals surface area (Å²) in [6.07, 6.45) is -10.8. The lowest BCUT2D eigenvalue weighted by molar-refractivity contribution is -0.359. The van der Waals surface area contributed by atoms with Crippen LogP contribution >= 0.6 is 0 Å². The van der Waals surface area contributed by atoms with E-state index in [4.69, 9.17) is 23.7 Å². The smallest absolute Gasteiger partial charge is 0.187 e. The summed E-state index contributed by atoms with van der Waals surface area (Å²) in [5.74, 6) is 0. The van der Waals surface area contributed by atoms with Gasteiger partial charge < -0.3 is 44.1 Å². The number of hydrogen-bond acceptors (Lipinski definition) is 9. The zero-order valence-electron chi connectivity index (χ0n) is 19.8. The van der Waals surface area contributed by atoms with Gasteiger partial charge in [-0.2, -0.15) is 0 Å². The molecule has 4 rings (SSSR count). The maximum atomic E-state index is 10.9. The number of rotatable bonds is 8. The van der Waals surface area contributed by atoms with Gasteiger partial charge in [0.25, 0.3) is 0 Å². The van der Waals surface area contributed by atoms with Crippen LogP contribution in [-0.2, 0) is 36.9 Å². The predicted octanol–water partition coefficient (Wildman–Crippen LogP) is 1.11. The highest BCUT2D eigenvalue weighted by Crippen LogP contribution is 2.31. The van der Waals surface area contributed by atoms with Crippen LogP contribution in [0.2, 0.25) is 0 Å². The Hall–Kier alpha value is -1.92. The molecule has 4 N–H and O–H groups in total. The molecule has 2 aliphatic rings. The summed E-state index contributed by atoms with van der Waals surface area (Å²) in [5, 5.41) is 42.6. The van der Waals surface area contributed by atoms with Crippen molar-refractivity contribution in [2.75, 3.05) is 0 Å². The van der Waals surface area contributed by atoms with Gasteiger partial charge in [0.15, 0.2) is 12.6 Å². The minimum atomic E-state index is -1.36. The summed E-state index contributed by atoms with van der Waals surface area (Å²) in [6.45, 7) is 3.53. The predicted molar refractivity (Wildman–Crippen MR) is 124 cm³/mol. The summed E-state index contributed by atoms with van der Waals surface area (Å²) >= 11 is 0. The molecule has 35 heavy (non-hydrogen) atoms. The largest absolute Gasteiger partial charge is 0.388 e. The minimum Gasteiger partial charge on any atom is -0.388 e. The zero-order chi connectivity index (χ0) is 24.9. The van der Waals surface area contributed by atoms with Crippen molar-refractivity contribution >= 4 is 0 Å². The fraction of sp³-hybridized carbons (Fsp3) is 0.538. The monoisotopic (exact) mass is 490 g/mol. The molecule has 2 aromatic carbocycles. The molecule has 192 valence electrons. The molecule has 0 unspecified atom stereocenters. The highest BCUT2D eigenvalue weighted by Gasteiger charge is 2.50. The third-order valence-corrected chi connectivity index (χ3v) is 6.42. The van der Waals surface area contributed by atoms with Gasteiger partial charge in [0.05, 0.1) is 25.4 Å². The molecule has 0 bridgehead atoms. The molecular formula is C26H34O9. The first-order chi connectivity index (χ1) is 16.8. The lowest BCUT2D eigenvalue weighted by Gasteiger charge is -2.46. The van der Waals surface area contributed by atoms with Gasteiger partial charge in [0.2, 0.25) is 0 Å². The van der Waals surface area contributed by atoms with Crippen molar-refractivity contribution in [1.29, 1.82) is 0 Å². The van der Waals surface area contributed by atoms with Gasteiger partial charge in [-0.05, 0) is 25.0 Å². The molecule has 0 amide bonds. The Morgan fingerprint density at radius 1 is 0.629 bits per heavy atom. The molecule has 0 aromatic heterocycles. The second kappa shape index (κ2) is 11.9. The van der Waals surface area contributed by atoms with Crippen molar-refractivity contribution in [2.45, 2.75) is 88.5 Å². The van der Waals surface area contributed by atoms with Crippen LogP contribution in [-0.4, -0.2) is 81.8 Å². The quantitative estimate of drug-likeness (QED) is 0.430. The topological polar surface area (TPSA) is 127 Å². The molecule has 2 saturated heterocycles. The molecule has 0 aliphatic carbocycles. The molecule has 0 spiro atoms. The molecule has 2 aliphatic heterocycles. The van der Waals surface area contributed by atoms with Crippen molar-refractivity contribution in [2.24, 2.45) is 0 Å². The van der Waals surface area contributed by atoms with Crippen molar-refractivity contribution in [3.8, 4) is 0 Å².